The summed E-state index contributed by atoms with van der Waals surface area (Å²) < 4.78 is 0. The standard InChI is InChI=1S/C16H21NS/c1-18-12-4-8-16(18)10-9-15-6-2-5-14(13-15)7-3-11-17/h2,4-6,8,12-13H,1,3,7,9-11,17H2. The predicted octanol–water partition coefficient (Wildman–Crippen LogP) is 3.62. The highest BCUT2D eigenvalue weighted by molar-refractivity contribution is 8.20. The normalized spacial score (nSPS) is 18.1. The average Bonchev–Trinajstić information content (AvgIpc) is 2.80. The third-order valence-corrected chi connectivity index (χ3v) is 4.68. The Morgan fingerprint density at radius 2 is 1.89 bits per heavy atom. The first-order valence-electron chi connectivity index (χ1n) is 6.47. The first kappa shape index (κ1) is 13.3. The van der Waals surface area contributed by atoms with Crippen LogP contribution in [0.5, 0.6) is 0 Å². The Morgan fingerprint density at radius 1 is 1.11 bits per heavy atom. The first-order chi connectivity index (χ1) is 8.79. The second kappa shape index (κ2) is 6.72. The maximum Gasteiger partial charge on any atom is -0.00741 e. The second-order valence-corrected chi connectivity index (χ2v) is 6.26. The Kier molecular flexibility index (Phi) is 4.97. The van der Waals surface area contributed by atoms with Crippen molar-refractivity contribution in [1.29, 1.82) is 0 Å². The molecule has 0 saturated heterocycles. The number of hydrogen-bond donors (Lipinski definition) is 1. The van der Waals surface area contributed by atoms with Gasteiger partial charge in [0, 0.05) is 0 Å². The summed E-state index contributed by atoms with van der Waals surface area (Å²) in [6, 6.07) is 8.89. The number of benzene rings is 1. The summed E-state index contributed by atoms with van der Waals surface area (Å²) in [4.78, 5) is 1.47. The van der Waals surface area contributed by atoms with E-state index in [0.29, 0.717) is 0 Å². The van der Waals surface area contributed by atoms with E-state index < -0.39 is 0 Å². The molecule has 0 aromatic heterocycles. The fourth-order valence-electron chi connectivity index (χ4n) is 2.15. The lowest BCUT2D eigenvalue weighted by atomic mass is 10.0. The Labute approximate surface area is 112 Å². The van der Waals surface area contributed by atoms with Crippen LogP contribution in [0.25, 0.3) is 0 Å². The van der Waals surface area contributed by atoms with Crippen LogP contribution in [0.15, 0.2) is 46.7 Å². The zero-order chi connectivity index (χ0) is 12.8. The molecule has 0 saturated carbocycles. The van der Waals surface area contributed by atoms with E-state index in [-0.39, 0.29) is 10.5 Å². The fraction of sp³-hybridized carbons (Fsp3) is 0.312. The molecule has 1 aliphatic rings. The molecule has 0 amide bonds. The Balaban J connectivity index is 1.91. The molecule has 2 N–H and O–H groups in total. The van der Waals surface area contributed by atoms with Crippen LogP contribution in [-0.2, 0) is 12.8 Å². The molecule has 1 aromatic carbocycles. The molecule has 0 spiro atoms. The van der Waals surface area contributed by atoms with Gasteiger partial charge in [-0.2, -0.15) is 0 Å². The van der Waals surface area contributed by atoms with Gasteiger partial charge in [0.1, 0.15) is 0 Å². The van der Waals surface area contributed by atoms with Gasteiger partial charge in [-0.25, -0.2) is 0 Å². The minimum atomic E-state index is 0.120. The molecule has 1 heterocycles. The molecule has 2 rings (SSSR count). The number of aryl methyl sites for hydroxylation is 2. The smallest absolute Gasteiger partial charge is 0.00741 e. The lowest BCUT2D eigenvalue weighted by molar-refractivity contribution is 0.830. The van der Waals surface area contributed by atoms with Gasteiger partial charge in [0.15, 0.2) is 0 Å². The summed E-state index contributed by atoms with van der Waals surface area (Å²) in [5.41, 5.74) is 8.38. The summed E-state index contributed by atoms with van der Waals surface area (Å²) in [7, 11) is 0.120. The molecule has 0 radical (unpaired) electrons. The predicted molar refractivity (Wildman–Crippen MR) is 84.1 cm³/mol. The van der Waals surface area contributed by atoms with Crippen LogP contribution in [0.3, 0.4) is 0 Å². The van der Waals surface area contributed by atoms with E-state index in [9.17, 15) is 0 Å². The van der Waals surface area contributed by atoms with Gasteiger partial charge in [0.05, 0.1) is 0 Å². The Bertz CT molecular complexity index is 486. The zero-order valence-corrected chi connectivity index (χ0v) is 11.6. The summed E-state index contributed by atoms with van der Waals surface area (Å²) in [5.74, 6) is 4.15. The van der Waals surface area contributed by atoms with Gasteiger partial charge >= 0.3 is 0 Å². The maximum absolute atomic E-state index is 5.55. The minimum Gasteiger partial charge on any atom is -0.330 e. The molecular formula is C16H21NS. The van der Waals surface area contributed by atoms with E-state index in [0.717, 1.165) is 32.2 Å². The van der Waals surface area contributed by atoms with Crippen LogP contribution in [-0.4, -0.2) is 12.4 Å². The van der Waals surface area contributed by atoms with Crippen molar-refractivity contribution in [3.8, 4) is 0 Å². The third kappa shape index (κ3) is 3.69. The second-order valence-electron chi connectivity index (χ2n) is 4.60. The number of nitrogens with two attached hydrogens (primary N) is 1. The van der Waals surface area contributed by atoms with Crippen LogP contribution in [0.2, 0.25) is 0 Å². The molecule has 96 valence electrons. The third-order valence-electron chi connectivity index (χ3n) is 3.18. The van der Waals surface area contributed by atoms with E-state index in [1.165, 1.54) is 16.0 Å². The molecule has 0 bridgehead atoms. The van der Waals surface area contributed by atoms with E-state index in [4.69, 9.17) is 5.73 Å². The van der Waals surface area contributed by atoms with Gasteiger partial charge in [-0.1, -0.05) is 42.3 Å². The van der Waals surface area contributed by atoms with Crippen molar-refractivity contribution in [2.45, 2.75) is 25.7 Å². The Morgan fingerprint density at radius 3 is 2.56 bits per heavy atom. The lowest BCUT2D eigenvalue weighted by Gasteiger charge is -2.07. The molecule has 1 atom stereocenters. The molecule has 2 heteroatoms. The zero-order valence-electron chi connectivity index (χ0n) is 10.8. The molecular weight excluding hydrogens is 238 g/mol. The first-order valence-corrected chi connectivity index (χ1v) is 7.93. The highest BCUT2D eigenvalue weighted by Gasteiger charge is 2.04. The largest absolute Gasteiger partial charge is 0.330 e. The van der Waals surface area contributed by atoms with Gasteiger partial charge in [0.2, 0.25) is 0 Å². The summed E-state index contributed by atoms with van der Waals surface area (Å²) >= 11 is 0. The van der Waals surface area contributed by atoms with Crippen LogP contribution in [0.1, 0.15) is 24.0 Å². The SMILES string of the molecule is C=S1C=CC=C1CCc1cccc(CCCN)c1. The van der Waals surface area contributed by atoms with E-state index in [1.54, 1.807) is 0 Å². The van der Waals surface area contributed by atoms with E-state index >= 15 is 0 Å². The highest BCUT2D eigenvalue weighted by Crippen LogP contribution is 2.32. The molecule has 0 aliphatic carbocycles. The van der Waals surface area contributed by atoms with Crippen LogP contribution >= 0.6 is 10.5 Å². The van der Waals surface area contributed by atoms with Crippen LogP contribution in [0, 0.1) is 0 Å². The van der Waals surface area contributed by atoms with Crippen LogP contribution in [0.4, 0.5) is 0 Å². The van der Waals surface area contributed by atoms with E-state index in [2.05, 4.69) is 47.7 Å². The average molecular weight is 259 g/mol. The lowest BCUT2D eigenvalue weighted by Crippen LogP contribution is -2.00. The van der Waals surface area contributed by atoms with E-state index in [1.807, 2.05) is 0 Å². The van der Waals surface area contributed by atoms with Crippen molar-refractivity contribution < 1.29 is 0 Å². The maximum atomic E-state index is 5.55. The fourth-order valence-corrected chi connectivity index (χ4v) is 3.21. The molecule has 1 unspecified atom stereocenters. The van der Waals surface area contributed by atoms with Gasteiger partial charge in [-0.3, -0.25) is 0 Å². The monoisotopic (exact) mass is 259 g/mol. The quantitative estimate of drug-likeness (QED) is 0.776. The highest BCUT2D eigenvalue weighted by atomic mass is 32.2. The van der Waals surface area contributed by atoms with Crippen molar-refractivity contribution in [2.75, 3.05) is 6.54 Å². The van der Waals surface area contributed by atoms with Crippen molar-refractivity contribution in [3.63, 3.8) is 0 Å². The molecule has 1 aromatic rings. The topological polar surface area (TPSA) is 26.0 Å². The van der Waals surface area contributed by atoms with Gasteiger partial charge in [0.25, 0.3) is 0 Å². The molecule has 0 fully saturated rings. The van der Waals surface area contributed by atoms with Crippen molar-refractivity contribution in [1.82, 2.24) is 0 Å². The molecule has 1 nitrogen and oxygen atoms in total. The summed E-state index contributed by atoms with van der Waals surface area (Å²) in [6.45, 7) is 0.771. The van der Waals surface area contributed by atoms with Crippen molar-refractivity contribution >= 4 is 16.4 Å². The van der Waals surface area contributed by atoms with Gasteiger partial charge < -0.3 is 5.73 Å². The summed E-state index contributed by atoms with van der Waals surface area (Å²) in [6.07, 6.45) is 8.75. The number of allylic oxidation sites excluding steroid dienone is 3. The summed E-state index contributed by atoms with van der Waals surface area (Å²) in [5, 5.41) is 2.19. The van der Waals surface area contributed by atoms with Crippen LogP contribution < -0.4 is 5.73 Å². The number of hydrogen-bond acceptors (Lipinski definition) is 1. The van der Waals surface area contributed by atoms with Gasteiger partial charge in [-0.15, -0.1) is 10.5 Å². The van der Waals surface area contributed by atoms with Gasteiger partial charge in [-0.05, 0) is 53.7 Å². The number of rotatable bonds is 6. The Hall–Kier alpha value is -1.12. The molecule has 18 heavy (non-hydrogen) atoms. The minimum absolute atomic E-state index is 0.120. The van der Waals surface area contributed by atoms with Crippen molar-refractivity contribution in [2.24, 2.45) is 5.73 Å². The molecule has 1 aliphatic heterocycles. The van der Waals surface area contributed by atoms with Crippen molar-refractivity contribution in [3.05, 3.63) is 57.9 Å².